The van der Waals surface area contributed by atoms with Crippen LogP contribution >= 0.6 is 0 Å². The number of unbranched alkanes of at least 4 members (excludes halogenated alkanes) is 20. The summed E-state index contributed by atoms with van der Waals surface area (Å²) in [6.07, 6.45) is 82.6. The van der Waals surface area contributed by atoms with Gasteiger partial charge in [-0.1, -0.05) is 280 Å². The fourth-order valence-corrected chi connectivity index (χ4v) is 11.0. The summed E-state index contributed by atoms with van der Waals surface area (Å²) in [6.45, 7) is 2.65. The largest absolute Gasteiger partial charge is 0.394 e. The van der Waals surface area contributed by atoms with Gasteiger partial charge in [0.05, 0.1) is 32.0 Å². The first-order valence-electron chi connectivity index (χ1n) is 37.4. The van der Waals surface area contributed by atoms with Crippen molar-refractivity contribution in [2.75, 3.05) is 19.8 Å². The summed E-state index contributed by atoms with van der Waals surface area (Å²) < 4.78 is 22.8. The molecular formula is C82H133NO13. The number of hydrogen-bond acceptors (Lipinski definition) is 13. The molecule has 0 radical (unpaired) electrons. The molecule has 1 amide bonds. The summed E-state index contributed by atoms with van der Waals surface area (Å²) in [6, 6.07) is -0.963. The fourth-order valence-electron chi connectivity index (χ4n) is 11.0. The molecule has 2 fully saturated rings. The first kappa shape index (κ1) is 87.4. The quantitative estimate of drug-likeness (QED) is 0.0204. The van der Waals surface area contributed by atoms with Gasteiger partial charge in [-0.15, -0.1) is 0 Å². The average molecular weight is 1340 g/mol. The number of hydrogen-bond donors (Lipinski definition) is 9. The van der Waals surface area contributed by atoms with E-state index in [0.29, 0.717) is 12.8 Å². The van der Waals surface area contributed by atoms with Crippen molar-refractivity contribution in [1.82, 2.24) is 5.32 Å². The molecule has 9 N–H and O–H groups in total. The zero-order valence-corrected chi connectivity index (χ0v) is 59.3. The van der Waals surface area contributed by atoms with Crippen molar-refractivity contribution in [3.63, 3.8) is 0 Å². The highest BCUT2D eigenvalue weighted by molar-refractivity contribution is 5.76. The van der Waals surface area contributed by atoms with Crippen molar-refractivity contribution in [1.29, 1.82) is 0 Å². The Balaban J connectivity index is 1.69. The molecule has 2 saturated heterocycles. The smallest absolute Gasteiger partial charge is 0.220 e. The average Bonchev–Trinajstić information content (AvgIpc) is 0.806. The Labute approximate surface area is 581 Å². The third kappa shape index (κ3) is 46.6. The number of amides is 1. The maximum Gasteiger partial charge on any atom is 0.220 e. The van der Waals surface area contributed by atoms with Gasteiger partial charge in [0, 0.05) is 6.42 Å². The SMILES string of the molecule is CC/C=C\C/C=C\C/C=C\C/C=C\C/C=C\C/C=C\C/C=C\C/C=C\C/C=C\C/C=C\C/C=C\CCCCCCCC(=O)NC(COC1OC(CO)C(OC2OC(CO)C(O)C(O)C2O)C(O)C1O)C(O)/C=C/CC/C=C/CC/C=C/CCCCCCCCCCCCCCC. The summed E-state index contributed by atoms with van der Waals surface area (Å²) in [5.74, 6) is -0.278. The van der Waals surface area contributed by atoms with Crippen LogP contribution in [0.4, 0.5) is 0 Å². The monoisotopic (exact) mass is 1340 g/mol. The van der Waals surface area contributed by atoms with Crippen molar-refractivity contribution in [3.05, 3.63) is 170 Å². The molecule has 0 aliphatic carbocycles. The lowest BCUT2D eigenvalue weighted by atomic mass is 9.97. The minimum absolute atomic E-state index is 0.236. The molecule has 14 nitrogen and oxygen atoms in total. The Hall–Kier alpha value is -4.65. The second-order valence-corrected chi connectivity index (χ2v) is 25.3. The van der Waals surface area contributed by atoms with Gasteiger partial charge >= 0.3 is 0 Å². The molecule has 2 aliphatic heterocycles. The summed E-state index contributed by atoms with van der Waals surface area (Å²) in [4.78, 5) is 13.3. The van der Waals surface area contributed by atoms with Gasteiger partial charge in [-0.25, -0.2) is 0 Å². The van der Waals surface area contributed by atoms with Gasteiger partial charge in [0.15, 0.2) is 12.6 Å². The van der Waals surface area contributed by atoms with Crippen molar-refractivity contribution in [2.24, 2.45) is 0 Å². The minimum atomic E-state index is -1.80. The van der Waals surface area contributed by atoms with Crippen LogP contribution in [0.1, 0.15) is 245 Å². The first-order chi connectivity index (χ1) is 47.1. The zero-order chi connectivity index (χ0) is 69.4. The van der Waals surface area contributed by atoms with Crippen molar-refractivity contribution in [3.8, 4) is 0 Å². The number of allylic oxidation sites excluding steroid dienone is 27. The van der Waals surface area contributed by atoms with Gasteiger partial charge in [-0.05, 0) is 128 Å². The minimum Gasteiger partial charge on any atom is -0.394 e. The Morgan fingerprint density at radius 2 is 0.729 bits per heavy atom. The second kappa shape index (κ2) is 63.8. The summed E-state index contributed by atoms with van der Waals surface area (Å²) >= 11 is 0. The van der Waals surface area contributed by atoms with Gasteiger partial charge in [0.1, 0.15) is 48.8 Å². The number of aliphatic hydroxyl groups is 8. The summed E-state index contributed by atoms with van der Waals surface area (Å²) in [7, 11) is 0. The van der Waals surface area contributed by atoms with Crippen molar-refractivity contribution < 1.29 is 64.6 Å². The molecule has 0 spiro atoms. The lowest BCUT2D eigenvalue weighted by Gasteiger charge is -2.46. The van der Waals surface area contributed by atoms with E-state index in [1.165, 1.54) is 83.5 Å². The van der Waals surface area contributed by atoms with Crippen LogP contribution in [-0.4, -0.2) is 140 Å². The van der Waals surface area contributed by atoms with Gasteiger partial charge in [-0.3, -0.25) is 4.79 Å². The molecule has 0 aromatic carbocycles. The van der Waals surface area contributed by atoms with E-state index in [1.807, 2.05) is 6.08 Å². The standard InChI is InChI=1S/C82H133NO13/c1-3-5-7-9-11-13-15-17-19-21-23-25-27-28-29-30-31-32-33-34-35-36-37-38-39-40-41-42-44-46-48-50-52-54-56-58-60-62-64-66-74(87)83-70(69-93-81-79(92)77(90)80(73(68-85)95-81)96-82-78(91)76(89)75(88)72(67-84)94-82)71(86)65-63-61-59-57-55-53-51-49-47-45-43-26-24-22-20-18-16-14-12-10-8-6-4-2/h5,7,11,13,17,19,23,25,28-29,31-32,34-35,37-38,40-41,44,46-47,49-50,52,55,57,63,65,70-73,75-82,84-86,88-92H,3-4,6,8-10,12,14-16,18,20-22,24,26-27,30,33,36,39,42-43,45,48,51,53-54,56,58-62,64,66-69H2,1-2H3,(H,83,87)/b7-5-,13-11-,19-17-,25-23-,29-28-,32-31-,35-34-,38-37-,41-40-,46-44-,49-47+,52-50-,57-55+,65-63+. The van der Waals surface area contributed by atoms with E-state index in [1.54, 1.807) is 6.08 Å². The zero-order valence-electron chi connectivity index (χ0n) is 59.3. The molecule has 12 atom stereocenters. The Morgan fingerprint density at radius 1 is 0.385 bits per heavy atom. The molecule has 2 aliphatic rings. The third-order valence-electron chi connectivity index (χ3n) is 16.9. The van der Waals surface area contributed by atoms with Crippen LogP contribution in [0, 0.1) is 0 Å². The molecule has 96 heavy (non-hydrogen) atoms. The van der Waals surface area contributed by atoms with Gasteiger partial charge in [-0.2, -0.15) is 0 Å². The molecule has 0 aromatic rings. The molecule has 14 heteroatoms. The molecule has 12 unspecified atom stereocenters. The molecule has 0 saturated carbocycles. The Bertz CT molecular complexity index is 2270. The predicted octanol–water partition coefficient (Wildman–Crippen LogP) is 16.3. The van der Waals surface area contributed by atoms with Gasteiger partial charge in [0.2, 0.25) is 5.91 Å². The highest BCUT2D eigenvalue weighted by Crippen LogP contribution is 2.30. The number of ether oxygens (including phenoxy) is 4. The lowest BCUT2D eigenvalue weighted by molar-refractivity contribution is -0.359. The van der Waals surface area contributed by atoms with E-state index in [-0.39, 0.29) is 18.9 Å². The highest BCUT2D eigenvalue weighted by Gasteiger charge is 2.51. The van der Waals surface area contributed by atoms with Crippen LogP contribution in [0.5, 0.6) is 0 Å². The number of nitrogens with one attached hydrogen (secondary N) is 1. The van der Waals surface area contributed by atoms with E-state index < -0.39 is 86.8 Å². The molecule has 2 heterocycles. The summed E-state index contributed by atoms with van der Waals surface area (Å²) in [5.41, 5.74) is 0. The van der Waals surface area contributed by atoms with E-state index in [9.17, 15) is 45.6 Å². The maximum atomic E-state index is 13.3. The van der Waals surface area contributed by atoms with Crippen LogP contribution < -0.4 is 5.32 Å². The number of rotatable bonds is 59. The molecular weight excluding hydrogens is 1210 g/mol. The number of carbonyl (C=O) groups excluding carboxylic acids is 1. The van der Waals surface area contributed by atoms with Crippen molar-refractivity contribution >= 4 is 5.91 Å². The summed E-state index contributed by atoms with van der Waals surface area (Å²) in [5, 5.41) is 87.5. The number of carbonyl (C=O) groups is 1. The third-order valence-corrected chi connectivity index (χ3v) is 16.9. The van der Waals surface area contributed by atoms with Gasteiger partial charge < -0.3 is 65.1 Å². The van der Waals surface area contributed by atoms with E-state index >= 15 is 0 Å². The van der Waals surface area contributed by atoms with Crippen LogP contribution in [0.25, 0.3) is 0 Å². The fraction of sp³-hybridized carbons (Fsp3) is 0.646. The molecule has 544 valence electrons. The lowest BCUT2D eigenvalue weighted by Crippen LogP contribution is -2.65. The second-order valence-electron chi connectivity index (χ2n) is 25.3. The van der Waals surface area contributed by atoms with E-state index in [0.717, 1.165) is 128 Å². The van der Waals surface area contributed by atoms with Crippen LogP contribution in [-0.2, 0) is 23.7 Å². The normalized spacial score (nSPS) is 23.3. The molecule has 0 bridgehead atoms. The van der Waals surface area contributed by atoms with E-state index in [2.05, 4.69) is 177 Å². The Kier molecular flexibility index (Phi) is 58.1. The maximum absolute atomic E-state index is 13.3. The van der Waals surface area contributed by atoms with Crippen LogP contribution in [0.2, 0.25) is 0 Å². The van der Waals surface area contributed by atoms with Crippen LogP contribution in [0.3, 0.4) is 0 Å². The topological polar surface area (TPSA) is 228 Å². The first-order valence-corrected chi connectivity index (χ1v) is 37.4. The predicted molar refractivity (Wildman–Crippen MR) is 396 cm³/mol. The van der Waals surface area contributed by atoms with Gasteiger partial charge in [0.25, 0.3) is 0 Å². The van der Waals surface area contributed by atoms with E-state index in [4.69, 9.17) is 18.9 Å². The molecule has 2 rings (SSSR count). The highest BCUT2D eigenvalue weighted by atomic mass is 16.7. The Morgan fingerprint density at radius 3 is 1.15 bits per heavy atom. The number of aliphatic hydroxyl groups excluding tert-OH is 8. The molecule has 0 aromatic heterocycles. The van der Waals surface area contributed by atoms with Crippen molar-refractivity contribution in [2.45, 2.75) is 319 Å². The van der Waals surface area contributed by atoms with Crippen LogP contribution in [0.15, 0.2) is 170 Å².